The van der Waals surface area contributed by atoms with Crippen LogP contribution in [0.15, 0.2) is 43.4 Å². The summed E-state index contributed by atoms with van der Waals surface area (Å²) in [5, 5.41) is 4.07. The van der Waals surface area contributed by atoms with Crippen LogP contribution in [0.1, 0.15) is 12.8 Å². The van der Waals surface area contributed by atoms with Crippen molar-refractivity contribution in [1.29, 1.82) is 0 Å². The third-order valence-electron chi connectivity index (χ3n) is 3.09. The summed E-state index contributed by atoms with van der Waals surface area (Å²) in [4.78, 5) is 17.2. The highest BCUT2D eigenvalue weighted by molar-refractivity contribution is 6.32. The van der Waals surface area contributed by atoms with Crippen molar-refractivity contribution < 1.29 is 18.0 Å². The molecular weight excluding hydrogens is 345 g/mol. The van der Waals surface area contributed by atoms with Crippen molar-refractivity contribution in [2.45, 2.75) is 19.0 Å². The number of amides is 1. The topological polar surface area (TPSA) is 51.0 Å². The third kappa shape index (κ3) is 4.58. The zero-order valence-electron chi connectivity index (χ0n) is 12.5. The fourth-order valence-electron chi connectivity index (χ4n) is 1.99. The van der Waals surface area contributed by atoms with Crippen molar-refractivity contribution >= 4 is 23.2 Å². The molecule has 5 nitrogen and oxygen atoms in total. The summed E-state index contributed by atoms with van der Waals surface area (Å²) in [7, 11) is 0. The Kier molecular flexibility index (Phi) is 5.61. The second-order valence-corrected chi connectivity index (χ2v) is 5.23. The molecule has 0 fully saturated rings. The molecule has 0 unspecified atom stereocenters. The van der Waals surface area contributed by atoms with Gasteiger partial charge in [-0.25, -0.2) is 4.68 Å². The molecule has 0 atom stereocenters. The first-order chi connectivity index (χ1) is 11.3. The number of carbonyl (C=O) groups is 1. The number of carbonyl (C=O) groups excluding carboxylic acids is 1. The predicted octanol–water partition coefficient (Wildman–Crippen LogP) is 3.78. The van der Waals surface area contributed by atoms with Crippen LogP contribution < -0.4 is 4.90 Å². The maximum Gasteiger partial charge on any atom is 0.389 e. The fourth-order valence-corrected chi connectivity index (χ4v) is 2.23. The van der Waals surface area contributed by atoms with Crippen LogP contribution in [0, 0.1) is 0 Å². The number of alkyl halides is 3. The quantitative estimate of drug-likeness (QED) is 0.738. The smallest absolute Gasteiger partial charge is 0.304 e. The van der Waals surface area contributed by atoms with Crippen LogP contribution in [0.25, 0.3) is 5.69 Å². The second-order valence-electron chi connectivity index (χ2n) is 4.87. The highest BCUT2D eigenvalue weighted by atomic mass is 35.5. The highest BCUT2D eigenvalue weighted by Crippen LogP contribution is 2.28. The van der Waals surface area contributed by atoms with Crippen LogP contribution in [-0.4, -0.2) is 33.4 Å². The molecule has 0 bridgehead atoms. The molecule has 1 amide bonds. The Morgan fingerprint density at radius 2 is 2.21 bits per heavy atom. The van der Waals surface area contributed by atoms with Crippen LogP contribution in [0.5, 0.6) is 0 Å². The van der Waals surface area contributed by atoms with Crippen LogP contribution >= 0.6 is 11.6 Å². The Labute approximate surface area is 141 Å². The Morgan fingerprint density at radius 3 is 2.79 bits per heavy atom. The van der Waals surface area contributed by atoms with Crippen LogP contribution in [0.3, 0.4) is 0 Å². The Balaban J connectivity index is 2.26. The molecular formula is C15H14ClF3N4O. The van der Waals surface area contributed by atoms with E-state index in [-0.39, 0.29) is 17.4 Å². The first-order valence-electron chi connectivity index (χ1n) is 6.95. The molecule has 0 radical (unpaired) electrons. The number of hydrogen-bond acceptors (Lipinski definition) is 3. The van der Waals surface area contributed by atoms with Gasteiger partial charge >= 0.3 is 6.18 Å². The maximum atomic E-state index is 12.3. The Hall–Kier alpha value is -2.35. The molecule has 24 heavy (non-hydrogen) atoms. The van der Waals surface area contributed by atoms with Crippen molar-refractivity contribution in [1.82, 2.24) is 14.8 Å². The largest absolute Gasteiger partial charge is 0.389 e. The molecule has 128 valence electrons. The van der Waals surface area contributed by atoms with Gasteiger partial charge in [0.25, 0.3) is 0 Å². The zero-order chi connectivity index (χ0) is 17.7. The molecule has 2 heterocycles. The number of rotatable bonds is 6. The van der Waals surface area contributed by atoms with E-state index in [0.29, 0.717) is 5.69 Å². The minimum absolute atomic E-state index is 0.000983. The van der Waals surface area contributed by atoms with Gasteiger partial charge in [0.2, 0.25) is 5.91 Å². The van der Waals surface area contributed by atoms with Crippen LogP contribution in [0.2, 0.25) is 5.15 Å². The lowest BCUT2D eigenvalue weighted by atomic mass is 10.2. The SMILES string of the molecule is C=CCN(C(=O)CCC(F)(F)F)c1cn(-c2cccnc2)nc1Cl. The van der Waals surface area contributed by atoms with Gasteiger partial charge in [0.05, 0.1) is 24.5 Å². The van der Waals surface area contributed by atoms with Crippen molar-refractivity contribution in [3.8, 4) is 5.69 Å². The molecule has 0 spiro atoms. The number of aromatic nitrogens is 3. The number of halogens is 4. The van der Waals surface area contributed by atoms with Gasteiger partial charge in [0.15, 0.2) is 5.15 Å². The van der Waals surface area contributed by atoms with E-state index in [1.165, 1.54) is 23.2 Å². The molecule has 9 heteroatoms. The van der Waals surface area contributed by atoms with E-state index in [9.17, 15) is 18.0 Å². The van der Waals surface area contributed by atoms with E-state index < -0.39 is 24.9 Å². The molecule has 0 N–H and O–H groups in total. The van der Waals surface area contributed by atoms with E-state index >= 15 is 0 Å². The minimum Gasteiger partial charge on any atom is -0.304 e. The van der Waals surface area contributed by atoms with Gasteiger partial charge in [-0.05, 0) is 12.1 Å². The molecule has 0 aromatic carbocycles. The fraction of sp³-hybridized carbons (Fsp3) is 0.267. The third-order valence-corrected chi connectivity index (χ3v) is 3.36. The second kappa shape index (κ2) is 7.48. The Morgan fingerprint density at radius 1 is 1.46 bits per heavy atom. The first-order valence-corrected chi connectivity index (χ1v) is 7.33. The van der Waals surface area contributed by atoms with Crippen LogP contribution in [-0.2, 0) is 4.79 Å². The molecule has 0 aliphatic rings. The molecule has 0 saturated heterocycles. The zero-order valence-corrected chi connectivity index (χ0v) is 13.3. The summed E-state index contributed by atoms with van der Waals surface area (Å²) in [6.07, 6.45) is -0.285. The average Bonchev–Trinajstić information content (AvgIpc) is 2.92. The number of anilines is 1. The molecule has 2 rings (SSSR count). The average molecular weight is 359 g/mol. The molecule has 2 aromatic rings. The van der Waals surface area contributed by atoms with Gasteiger partial charge < -0.3 is 4.90 Å². The number of nitrogens with zero attached hydrogens (tertiary/aromatic N) is 4. The molecule has 2 aromatic heterocycles. The van der Waals surface area contributed by atoms with Crippen molar-refractivity contribution in [3.05, 3.63) is 48.5 Å². The van der Waals surface area contributed by atoms with Crippen LogP contribution in [0.4, 0.5) is 18.9 Å². The van der Waals surface area contributed by atoms with E-state index in [2.05, 4.69) is 16.7 Å². The summed E-state index contributed by atoms with van der Waals surface area (Å²) in [6.45, 7) is 3.54. The van der Waals surface area contributed by atoms with Gasteiger partial charge in [-0.2, -0.15) is 18.3 Å². The lowest BCUT2D eigenvalue weighted by Gasteiger charge is -2.20. The molecule has 0 aliphatic carbocycles. The molecule has 0 saturated carbocycles. The van der Waals surface area contributed by atoms with Gasteiger partial charge in [-0.15, -0.1) is 6.58 Å². The van der Waals surface area contributed by atoms with E-state index in [1.54, 1.807) is 18.3 Å². The van der Waals surface area contributed by atoms with Crippen molar-refractivity contribution in [2.24, 2.45) is 0 Å². The Bertz CT molecular complexity index is 715. The maximum absolute atomic E-state index is 12.3. The van der Waals surface area contributed by atoms with E-state index in [1.807, 2.05) is 0 Å². The van der Waals surface area contributed by atoms with Crippen molar-refractivity contribution in [3.63, 3.8) is 0 Å². The van der Waals surface area contributed by atoms with Gasteiger partial charge in [0, 0.05) is 19.2 Å². The minimum atomic E-state index is -4.40. The van der Waals surface area contributed by atoms with Gasteiger partial charge in [0.1, 0.15) is 5.69 Å². The van der Waals surface area contributed by atoms with Gasteiger partial charge in [-0.1, -0.05) is 17.7 Å². The summed E-state index contributed by atoms with van der Waals surface area (Å²) < 4.78 is 38.4. The number of hydrogen-bond donors (Lipinski definition) is 0. The highest BCUT2D eigenvalue weighted by Gasteiger charge is 2.30. The lowest BCUT2D eigenvalue weighted by Crippen LogP contribution is -2.31. The van der Waals surface area contributed by atoms with Gasteiger partial charge in [-0.3, -0.25) is 9.78 Å². The van der Waals surface area contributed by atoms with E-state index in [4.69, 9.17) is 11.6 Å². The summed E-state index contributed by atoms with van der Waals surface area (Å²) in [6, 6.07) is 3.42. The predicted molar refractivity (Wildman–Crippen MR) is 84.2 cm³/mol. The monoisotopic (exact) mass is 358 g/mol. The summed E-state index contributed by atoms with van der Waals surface area (Å²) in [5.74, 6) is -0.708. The molecule has 0 aliphatic heterocycles. The standard InChI is InChI=1S/C15H14ClF3N4O/c1-2-8-22(13(24)5-6-15(17,18)19)12-10-23(21-14(12)16)11-4-3-7-20-9-11/h2-4,7,9-10H,1,5-6,8H2. The van der Waals surface area contributed by atoms with Crippen molar-refractivity contribution in [2.75, 3.05) is 11.4 Å². The van der Waals surface area contributed by atoms with E-state index in [0.717, 1.165) is 4.90 Å². The number of pyridine rings is 1. The normalized spacial score (nSPS) is 11.3. The summed E-state index contributed by atoms with van der Waals surface area (Å²) in [5.41, 5.74) is 0.819. The first kappa shape index (κ1) is 18.0. The summed E-state index contributed by atoms with van der Waals surface area (Å²) >= 11 is 6.06. The lowest BCUT2D eigenvalue weighted by molar-refractivity contribution is -0.143.